The predicted octanol–water partition coefficient (Wildman–Crippen LogP) is 1.57. The van der Waals surface area contributed by atoms with Crippen molar-refractivity contribution < 1.29 is 10.0 Å². The van der Waals surface area contributed by atoms with Crippen LogP contribution in [0.15, 0.2) is 10.7 Å². The fraction of sp³-hybridized carbons (Fsp3) is 0.615. The minimum atomic E-state index is -0.832. The molecule has 20 heavy (non-hydrogen) atoms. The molecule has 1 saturated carbocycles. The second-order valence-electron chi connectivity index (χ2n) is 5.60. The number of amides is 1. The van der Waals surface area contributed by atoms with E-state index in [1.54, 1.807) is 17.5 Å². The summed E-state index contributed by atoms with van der Waals surface area (Å²) in [6.07, 6.45) is 1.27. The normalized spacial score (nSPS) is 26.1. The summed E-state index contributed by atoms with van der Waals surface area (Å²) < 4.78 is 0. The van der Waals surface area contributed by atoms with Gasteiger partial charge in [0.1, 0.15) is 5.41 Å². The maximum atomic E-state index is 12.7. The van der Waals surface area contributed by atoms with Crippen LogP contribution in [0.1, 0.15) is 30.3 Å². The smallest absolute Gasteiger partial charge is 0.236 e. The first-order valence-electron chi connectivity index (χ1n) is 6.53. The number of nitrogens with two attached hydrogens (primary N) is 1. The molecule has 0 saturated heterocycles. The minimum Gasteiger partial charge on any atom is -0.409 e. The Morgan fingerprint density at radius 1 is 1.70 bits per heavy atom. The van der Waals surface area contributed by atoms with Crippen LogP contribution in [0.2, 0.25) is 0 Å². The van der Waals surface area contributed by atoms with Crippen LogP contribution >= 0.6 is 11.3 Å². The number of carbonyl (C=O) groups is 1. The molecule has 3 N–H and O–H groups in total. The van der Waals surface area contributed by atoms with Gasteiger partial charge in [-0.05, 0) is 25.7 Å². The van der Waals surface area contributed by atoms with Crippen LogP contribution in [0.4, 0.5) is 0 Å². The summed E-state index contributed by atoms with van der Waals surface area (Å²) in [5.74, 6) is 0.352. The van der Waals surface area contributed by atoms with Crippen LogP contribution in [-0.2, 0) is 11.3 Å². The summed E-state index contributed by atoms with van der Waals surface area (Å²) in [4.78, 5) is 19.6. The first kappa shape index (κ1) is 14.8. The summed E-state index contributed by atoms with van der Waals surface area (Å²) in [5.41, 5.74) is 7.64. The first-order valence-corrected chi connectivity index (χ1v) is 7.41. The van der Waals surface area contributed by atoms with Crippen molar-refractivity contribution in [3.63, 3.8) is 0 Å². The van der Waals surface area contributed by atoms with Gasteiger partial charge in [0.25, 0.3) is 0 Å². The lowest BCUT2D eigenvalue weighted by Gasteiger charge is -2.45. The molecule has 1 heterocycles. The van der Waals surface area contributed by atoms with Crippen LogP contribution in [-0.4, -0.2) is 33.9 Å². The van der Waals surface area contributed by atoms with Crippen molar-refractivity contribution in [2.75, 3.05) is 7.05 Å². The van der Waals surface area contributed by atoms with E-state index in [2.05, 4.69) is 17.1 Å². The Morgan fingerprint density at radius 3 is 2.80 bits per heavy atom. The molecule has 1 amide bonds. The largest absolute Gasteiger partial charge is 0.409 e. The average molecular weight is 296 g/mol. The number of oxime groups is 1. The van der Waals surface area contributed by atoms with Gasteiger partial charge in [-0.2, -0.15) is 0 Å². The van der Waals surface area contributed by atoms with E-state index >= 15 is 0 Å². The van der Waals surface area contributed by atoms with Gasteiger partial charge in [0, 0.05) is 11.9 Å². The second-order valence-corrected chi connectivity index (χ2v) is 6.54. The lowest BCUT2D eigenvalue weighted by molar-refractivity contribution is -0.143. The summed E-state index contributed by atoms with van der Waals surface area (Å²) in [6.45, 7) is 4.49. The Hall–Kier alpha value is -1.63. The van der Waals surface area contributed by atoms with Gasteiger partial charge in [-0.3, -0.25) is 4.79 Å². The number of nitrogens with zero attached hydrogens (tertiary/aromatic N) is 3. The number of hydrogen-bond donors (Lipinski definition) is 2. The molecule has 0 spiro atoms. The number of thiazole rings is 1. The fourth-order valence-corrected chi connectivity index (χ4v) is 3.68. The van der Waals surface area contributed by atoms with E-state index in [0.717, 1.165) is 10.6 Å². The maximum Gasteiger partial charge on any atom is 0.236 e. The highest BCUT2D eigenvalue weighted by Gasteiger charge is 2.53. The van der Waals surface area contributed by atoms with Gasteiger partial charge in [0.15, 0.2) is 5.84 Å². The summed E-state index contributed by atoms with van der Waals surface area (Å²) in [7, 11) is 1.75. The third kappa shape index (κ3) is 2.37. The van der Waals surface area contributed by atoms with Gasteiger partial charge >= 0.3 is 0 Å². The van der Waals surface area contributed by atoms with Gasteiger partial charge in [0.05, 0.1) is 17.7 Å². The Balaban J connectivity index is 2.15. The molecule has 1 aliphatic rings. The quantitative estimate of drug-likeness (QED) is 0.382. The molecule has 0 aromatic carbocycles. The van der Waals surface area contributed by atoms with E-state index in [9.17, 15) is 4.79 Å². The zero-order chi connectivity index (χ0) is 14.9. The highest BCUT2D eigenvalue weighted by atomic mass is 32.1. The van der Waals surface area contributed by atoms with E-state index in [-0.39, 0.29) is 11.7 Å². The predicted molar refractivity (Wildman–Crippen MR) is 77.6 cm³/mol. The van der Waals surface area contributed by atoms with Gasteiger partial charge < -0.3 is 15.8 Å². The van der Waals surface area contributed by atoms with Crippen LogP contribution < -0.4 is 5.73 Å². The van der Waals surface area contributed by atoms with E-state index in [4.69, 9.17) is 10.9 Å². The molecular weight excluding hydrogens is 276 g/mol. The molecule has 1 aromatic heterocycles. The number of rotatable bonds is 4. The molecule has 110 valence electrons. The molecule has 0 radical (unpaired) electrons. The van der Waals surface area contributed by atoms with Crippen molar-refractivity contribution in [1.82, 2.24) is 9.88 Å². The Labute approximate surface area is 122 Å². The minimum absolute atomic E-state index is 0.0217. The van der Waals surface area contributed by atoms with Crippen LogP contribution in [0.3, 0.4) is 0 Å². The Kier molecular flexibility index (Phi) is 3.99. The number of amidine groups is 1. The van der Waals surface area contributed by atoms with Crippen LogP contribution in [0.5, 0.6) is 0 Å². The highest BCUT2D eigenvalue weighted by molar-refractivity contribution is 7.09. The van der Waals surface area contributed by atoms with Crippen molar-refractivity contribution in [1.29, 1.82) is 0 Å². The van der Waals surface area contributed by atoms with Crippen molar-refractivity contribution in [2.24, 2.45) is 22.2 Å². The SMILES string of the molecule is Cc1ncsc1CN(C)C(=O)C1(C(N)=NO)CC(C)C1. The lowest BCUT2D eigenvalue weighted by atomic mass is 9.61. The third-order valence-corrected chi connectivity index (χ3v) is 4.89. The monoisotopic (exact) mass is 296 g/mol. The topological polar surface area (TPSA) is 91.8 Å². The number of hydrogen-bond acceptors (Lipinski definition) is 5. The molecule has 1 aromatic rings. The van der Waals surface area contributed by atoms with E-state index in [1.807, 2.05) is 6.92 Å². The molecule has 0 atom stereocenters. The number of aromatic nitrogens is 1. The van der Waals surface area contributed by atoms with Crippen LogP contribution in [0.25, 0.3) is 0 Å². The zero-order valence-corrected chi connectivity index (χ0v) is 12.8. The third-order valence-electron chi connectivity index (χ3n) is 3.97. The van der Waals surface area contributed by atoms with Gasteiger partial charge in [-0.1, -0.05) is 12.1 Å². The molecule has 0 aliphatic heterocycles. The van der Waals surface area contributed by atoms with Gasteiger partial charge in [-0.25, -0.2) is 4.98 Å². The standard InChI is InChI=1S/C13H20N4O2S/c1-8-4-13(5-8,11(14)16-19)12(18)17(3)6-10-9(2)15-7-20-10/h7-8,19H,4-6H2,1-3H3,(H2,14,16). The summed E-state index contributed by atoms with van der Waals surface area (Å²) in [5, 5.41) is 12.0. The van der Waals surface area contributed by atoms with E-state index in [1.165, 1.54) is 11.3 Å². The molecular formula is C13H20N4O2S. The summed E-state index contributed by atoms with van der Waals surface area (Å²) >= 11 is 1.53. The van der Waals surface area contributed by atoms with Gasteiger partial charge in [-0.15, -0.1) is 11.3 Å². The highest BCUT2D eigenvalue weighted by Crippen LogP contribution is 2.47. The van der Waals surface area contributed by atoms with Crippen molar-refractivity contribution in [2.45, 2.75) is 33.2 Å². The first-order chi connectivity index (χ1) is 9.40. The number of carbonyl (C=O) groups excluding carboxylic acids is 1. The molecule has 1 aliphatic carbocycles. The lowest BCUT2D eigenvalue weighted by Crippen LogP contribution is -2.56. The Bertz CT molecular complexity index is 534. The molecule has 6 nitrogen and oxygen atoms in total. The van der Waals surface area contributed by atoms with E-state index in [0.29, 0.717) is 25.3 Å². The van der Waals surface area contributed by atoms with Gasteiger partial charge in [0.2, 0.25) is 5.91 Å². The fourth-order valence-electron chi connectivity index (χ4n) is 2.85. The second kappa shape index (κ2) is 5.40. The number of aryl methyl sites for hydroxylation is 1. The molecule has 2 rings (SSSR count). The van der Waals surface area contributed by atoms with E-state index < -0.39 is 5.41 Å². The van der Waals surface area contributed by atoms with Crippen molar-refractivity contribution >= 4 is 23.1 Å². The Morgan fingerprint density at radius 2 is 2.35 bits per heavy atom. The molecule has 7 heteroatoms. The van der Waals surface area contributed by atoms with Crippen molar-refractivity contribution in [3.05, 3.63) is 16.1 Å². The molecule has 0 bridgehead atoms. The average Bonchev–Trinajstić information content (AvgIpc) is 2.78. The summed E-state index contributed by atoms with van der Waals surface area (Å²) in [6, 6.07) is 0. The van der Waals surface area contributed by atoms with Crippen molar-refractivity contribution in [3.8, 4) is 0 Å². The molecule has 0 unspecified atom stereocenters. The maximum absolute atomic E-state index is 12.7. The molecule has 1 fully saturated rings. The van der Waals surface area contributed by atoms with Crippen LogP contribution in [0, 0.1) is 18.3 Å². The zero-order valence-electron chi connectivity index (χ0n) is 12.0.